The van der Waals surface area contributed by atoms with E-state index < -0.39 is 23.3 Å². The van der Waals surface area contributed by atoms with E-state index in [9.17, 15) is 19.7 Å². The first-order valence-electron chi connectivity index (χ1n) is 8.95. The number of carbonyl (C=O) groups is 2. The van der Waals surface area contributed by atoms with E-state index in [-0.39, 0.29) is 16.8 Å². The van der Waals surface area contributed by atoms with Gasteiger partial charge in [0.25, 0.3) is 5.69 Å². The van der Waals surface area contributed by atoms with Gasteiger partial charge in [-0.2, -0.15) is 0 Å². The van der Waals surface area contributed by atoms with Crippen LogP contribution in [-0.4, -0.2) is 56.7 Å². The fraction of sp³-hybridized carbons (Fsp3) is 0.300. The molecule has 2 aromatic carbocycles. The van der Waals surface area contributed by atoms with E-state index in [0.29, 0.717) is 37.7 Å². The summed E-state index contributed by atoms with van der Waals surface area (Å²) in [4.78, 5) is 37.4. The number of nitro benzene ring substituents is 1. The van der Waals surface area contributed by atoms with Crippen LogP contribution in [-0.2, 0) is 9.47 Å². The predicted octanol–water partition coefficient (Wildman–Crippen LogP) is 2.48. The summed E-state index contributed by atoms with van der Waals surface area (Å²) in [6, 6.07) is 10.7. The second kappa shape index (κ2) is 9.16. The fourth-order valence-electron chi connectivity index (χ4n) is 3.04. The van der Waals surface area contributed by atoms with Crippen molar-refractivity contribution in [1.29, 1.82) is 0 Å². The summed E-state index contributed by atoms with van der Waals surface area (Å²) in [5.74, 6) is -0.876. The number of carbonyl (C=O) groups excluding carboxylic acids is 2. The molecule has 0 N–H and O–H groups in total. The number of nitro groups is 1. The Morgan fingerprint density at radius 3 is 2.59 bits per heavy atom. The number of morpholine rings is 1. The number of anilines is 1. The Kier molecular flexibility index (Phi) is 6.40. The maximum atomic E-state index is 12.3. The highest BCUT2D eigenvalue weighted by Crippen LogP contribution is 2.30. The third kappa shape index (κ3) is 4.69. The Bertz CT molecular complexity index is 923. The number of methoxy groups -OCH3 is 1. The van der Waals surface area contributed by atoms with Gasteiger partial charge in [0.2, 0.25) is 5.78 Å². The third-order valence-electron chi connectivity index (χ3n) is 4.50. The van der Waals surface area contributed by atoms with E-state index in [1.54, 1.807) is 24.3 Å². The second-order valence-corrected chi connectivity index (χ2v) is 6.26. The van der Waals surface area contributed by atoms with E-state index in [0.717, 1.165) is 0 Å². The average Bonchev–Trinajstić information content (AvgIpc) is 2.77. The molecule has 0 atom stereocenters. The van der Waals surface area contributed by atoms with Gasteiger partial charge in [-0.1, -0.05) is 12.1 Å². The molecule has 152 valence electrons. The summed E-state index contributed by atoms with van der Waals surface area (Å²) in [5, 5.41) is 11.5. The van der Waals surface area contributed by atoms with Gasteiger partial charge in [-0.05, 0) is 24.3 Å². The van der Waals surface area contributed by atoms with E-state index >= 15 is 0 Å². The molecule has 29 heavy (non-hydrogen) atoms. The summed E-state index contributed by atoms with van der Waals surface area (Å²) < 4.78 is 15.4. The Hall–Kier alpha value is -3.46. The maximum absolute atomic E-state index is 12.3. The molecule has 1 fully saturated rings. The van der Waals surface area contributed by atoms with E-state index in [2.05, 4.69) is 0 Å². The monoisotopic (exact) mass is 400 g/mol. The van der Waals surface area contributed by atoms with Crippen molar-refractivity contribution in [2.24, 2.45) is 0 Å². The Morgan fingerprint density at radius 1 is 1.17 bits per heavy atom. The van der Waals surface area contributed by atoms with Crippen molar-refractivity contribution in [2.75, 3.05) is 44.9 Å². The predicted molar refractivity (Wildman–Crippen MR) is 104 cm³/mol. The summed E-state index contributed by atoms with van der Waals surface area (Å²) in [6.45, 7) is 1.51. The molecule has 1 aliphatic heterocycles. The van der Waals surface area contributed by atoms with Gasteiger partial charge in [-0.25, -0.2) is 4.79 Å². The molecule has 0 aliphatic carbocycles. The fourth-order valence-corrected chi connectivity index (χ4v) is 3.04. The first-order valence-corrected chi connectivity index (χ1v) is 8.95. The van der Waals surface area contributed by atoms with Crippen molar-refractivity contribution >= 4 is 23.1 Å². The quantitative estimate of drug-likeness (QED) is 0.302. The molecule has 3 rings (SSSR count). The normalized spacial score (nSPS) is 13.6. The largest absolute Gasteiger partial charge is 0.496 e. The van der Waals surface area contributed by atoms with Gasteiger partial charge in [-0.3, -0.25) is 14.9 Å². The third-order valence-corrected chi connectivity index (χ3v) is 4.50. The molecule has 0 bridgehead atoms. The van der Waals surface area contributed by atoms with Gasteiger partial charge in [0.1, 0.15) is 11.4 Å². The van der Waals surface area contributed by atoms with Crippen LogP contribution in [0.3, 0.4) is 0 Å². The lowest BCUT2D eigenvalue weighted by molar-refractivity contribution is -0.384. The molecule has 1 aliphatic rings. The van der Waals surface area contributed by atoms with Gasteiger partial charge < -0.3 is 19.1 Å². The smallest absolute Gasteiger partial charge is 0.338 e. The minimum Gasteiger partial charge on any atom is -0.496 e. The lowest BCUT2D eigenvalue weighted by Gasteiger charge is -2.28. The van der Waals surface area contributed by atoms with Crippen LogP contribution < -0.4 is 9.64 Å². The molecule has 1 saturated heterocycles. The molecule has 9 heteroatoms. The molecule has 0 spiro atoms. The zero-order chi connectivity index (χ0) is 20.8. The highest BCUT2D eigenvalue weighted by molar-refractivity contribution is 6.01. The van der Waals surface area contributed by atoms with Crippen molar-refractivity contribution in [3.8, 4) is 5.75 Å². The zero-order valence-corrected chi connectivity index (χ0v) is 15.8. The SMILES string of the molecule is COc1ccccc1C(=O)COC(=O)c1ccc(N2CCOCC2)c([N+](=O)[O-])c1. The Labute approximate surface area is 166 Å². The molecule has 9 nitrogen and oxygen atoms in total. The Balaban J connectivity index is 1.73. The van der Waals surface area contributed by atoms with Gasteiger partial charge >= 0.3 is 5.97 Å². The van der Waals surface area contributed by atoms with Crippen molar-refractivity contribution in [1.82, 2.24) is 0 Å². The molecule has 0 radical (unpaired) electrons. The van der Waals surface area contributed by atoms with Crippen LogP contribution in [0.1, 0.15) is 20.7 Å². The highest BCUT2D eigenvalue weighted by atomic mass is 16.6. The van der Waals surface area contributed by atoms with Crippen molar-refractivity contribution < 1.29 is 28.7 Å². The van der Waals surface area contributed by atoms with E-state index in [1.807, 2.05) is 4.90 Å². The van der Waals surface area contributed by atoms with Crippen LogP contribution in [0.4, 0.5) is 11.4 Å². The highest BCUT2D eigenvalue weighted by Gasteiger charge is 2.24. The first kappa shape index (κ1) is 20.3. The van der Waals surface area contributed by atoms with Crippen molar-refractivity contribution in [2.45, 2.75) is 0 Å². The van der Waals surface area contributed by atoms with Gasteiger partial charge in [0.15, 0.2) is 6.61 Å². The molecule has 0 aromatic heterocycles. The van der Waals surface area contributed by atoms with Crippen LogP contribution in [0.2, 0.25) is 0 Å². The number of nitrogens with zero attached hydrogens (tertiary/aromatic N) is 2. The summed E-state index contributed by atoms with van der Waals surface area (Å²) in [6.07, 6.45) is 0. The van der Waals surface area contributed by atoms with Crippen LogP contribution in [0.15, 0.2) is 42.5 Å². The molecule has 2 aromatic rings. The maximum Gasteiger partial charge on any atom is 0.338 e. The number of benzene rings is 2. The zero-order valence-electron chi connectivity index (χ0n) is 15.8. The molecular weight excluding hydrogens is 380 g/mol. The number of Topliss-reactive ketones (excluding diaryl/α,β-unsaturated/α-hetero) is 1. The van der Waals surface area contributed by atoms with Gasteiger partial charge in [0.05, 0.1) is 36.4 Å². The van der Waals surface area contributed by atoms with Crippen molar-refractivity contribution in [3.63, 3.8) is 0 Å². The topological polar surface area (TPSA) is 108 Å². The number of ketones is 1. The molecule has 0 saturated carbocycles. The standard InChI is InChI=1S/C20H20N2O7/c1-27-19-5-3-2-4-15(19)18(23)13-29-20(24)14-6-7-16(17(12-14)22(25)26)21-8-10-28-11-9-21/h2-7,12H,8-11,13H2,1H3. The molecule has 1 heterocycles. The summed E-state index contributed by atoms with van der Waals surface area (Å²) in [5.41, 5.74) is 0.510. The van der Waals surface area contributed by atoms with Crippen LogP contribution in [0.25, 0.3) is 0 Å². The lowest BCUT2D eigenvalue weighted by atomic mass is 10.1. The molecular formula is C20H20N2O7. The number of rotatable bonds is 7. The molecule has 0 unspecified atom stereocenters. The van der Waals surface area contributed by atoms with E-state index in [4.69, 9.17) is 14.2 Å². The number of hydrogen-bond donors (Lipinski definition) is 0. The van der Waals surface area contributed by atoms with Gasteiger partial charge in [-0.15, -0.1) is 0 Å². The second-order valence-electron chi connectivity index (χ2n) is 6.26. The number of hydrogen-bond acceptors (Lipinski definition) is 8. The minimum absolute atomic E-state index is 0.00142. The average molecular weight is 400 g/mol. The van der Waals surface area contributed by atoms with Crippen LogP contribution in [0.5, 0.6) is 5.75 Å². The van der Waals surface area contributed by atoms with E-state index in [1.165, 1.54) is 25.3 Å². The summed E-state index contributed by atoms with van der Waals surface area (Å²) in [7, 11) is 1.44. The van der Waals surface area contributed by atoms with Crippen molar-refractivity contribution in [3.05, 3.63) is 63.7 Å². The summed E-state index contributed by atoms with van der Waals surface area (Å²) >= 11 is 0. The lowest BCUT2D eigenvalue weighted by Crippen LogP contribution is -2.36. The number of esters is 1. The van der Waals surface area contributed by atoms with Crippen LogP contribution >= 0.6 is 0 Å². The number of ether oxygens (including phenoxy) is 3. The Morgan fingerprint density at radius 2 is 1.90 bits per heavy atom. The first-order chi connectivity index (χ1) is 14.0. The van der Waals surface area contributed by atoms with Gasteiger partial charge in [0, 0.05) is 19.2 Å². The number of para-hydroxylation sites is 1. The minimum atomic E-state index is -0.815. The van der Waals surface area contributed by atoms with Crippen LogP contribution in [0, 0.1) is 10.1 Å². The molecule has 0 amide bonds.